The molecule has 1 saturated heterocycles. The lowest BCUT2D eigenvalue weighted by atomic mass is 10.1. The van der Waals surface area contributed by atoms with Crippen LogP contribution in [0.4, 0.5) is 5.69 Å². The molecule has 0 unspecified atom stereocenters. The molecule has 0 radical (unpaired) electrons. The van der Waals surface area contributed by atoms with Crippen LogP contribution in [-0.4, -0.2) is 35.2 Å². The number of nitrogens with zero attached hydrogens (tertiary/aromatic N) is 2. The average Bonchev–Trinajstić information content (AvgIpc) is 2.92. The first-order chi connectivity index (χ1) is 13.7. The predicted molar refractivity (Wildman–Crippen MR) is 118 cm³/mol. The van der Waals surface area contributed by atoms with E-state index in [0.29, 0.717) is 23.9 Å². The van der Waals surface area contributed by atoms with Gasteiger partial charge in [0.25, 0.3) is 11.8 Å². The van der Waals surface area contributed by atoms with Crippen molar-refractivity contribution in [3.8, 4) is 0 Å². The highest BCUT2D eigenvalue weighted by molar-refractivity contribution is 7.80. The number of anilines is 1. The Morgan fingerprint density at radius 1 is 1.17 bits per heavy atom. The van der Waals surface area contributed by atoms with Crippen LogP contribution >= 0.6 is 35.4 Å². The van der Waals surface area contributed by atoms with Crippen molar-refractivity contribution in [1.82, 2.24) is 9.88 Å². The van der Waals surface area contributed by atoms with Crippen molar-refractivity contribution in [2.45, 2.75) is 20.4 Å². The van der Waals surface area contributed by atoms with Gasteiger partial charge >= 0.3 is 0 Å². The molecule has 29 heavy (non-hydrogen) atoms. The fraction of sp³-hybridized carbons (Fsp3) is 0.250. The van der Waals surface area contributed by atoms with Crippen molar-refractivity contribution in [1.29, 1.82) is 0 Å². The number of carbonyl (C=O) groups excluding carboxylic acids is 2. The summed E-state index contributed by atoms with van der Waals surface area (Å²) in [6.07, 6.45) is 1.58. The highest BCUT2D eigenvalue weighted by atomic mass is 35.5. The average molecular weight is 452 g/mol. The normalized spacial score (nSPS) is 16.0. The number of ether oxygens (including phenoxy) is 1. The van der Waals surface area contributed by atoms with Crippen LogP contribution in [0.5, 0.6) is 0 Å². The van der Waals surface area contributed by atoms with Crippen LogP contribution in [-0.2, 0) is 20.9 Å². The Labute approximate surface area is 184 Å². The van der Waals surface area contributed by atoms with Gasteiger partial charge in [0.15, 0.2) is 5.11 Å². The van der Waals surface area contributed by atoms with Gasteiger partial charge in [0.2, 0.25) is 0 Å². The molecule has 1 N–H and O–H groups in total. The summed E-state index contributed by atoms with van der Waals surface area (Å²) in [7, 11) is 1.64. The van der Waals surface area contributed by atoms with Crippen LogP contribution in [0.15, 0.2) is 29.8 Å². The number of nitrogens with one attached hydrogen (secondary N) is 1. The molecule has 152 valence electrons. The van der Waals surface area contributed by atoms with Gasteiger partial charge in [-0.25, -0.2) is 0 Å². The third-order valence-electron chi connectivity index (χ3n) is 4.69. The molecule has 9 heteroatoms. The smallest absolute Gasteiger partial charge is 0.270 e. The summed E-state index contributed by atoms with van der Waals surface area (Å²) in [5.74, 6) is -1.07. The Morgan fingerprint density at radius 3 is 2.55 bits per heavy atom. The van der Waals surface area contributed by atoms with Crippen molar-refractivity contribution in [2.24, 2.45) is 0 Å². The van der Waals surface area contributed by atoms with E-state index < -0.39 is 11.8 Å². The lowest BCUT2D eigenvalue weighted by Gasteiger charge is -2.29. The van der Waals surface area contributed by atoms with Gasteiger partial charge < -0.3 is 9.30 Å². The van der Waals surface area contributed by atoms with Crippen LogP contribution in [0.25, 0.3) is 6.08 Å². The van der Waals surface area contributed by atoms with E-state index in [1.165, 1.54) is 11.0 Å². The Bertz CT molecular complexity index is 1050. The number of thiocarbonyl (C=S) groups is 1. The Balaban J connectivity index is 2.01. The molecule has 1 aliphatic heterocycles. The second-order valence-corrected chi connectivity index (χ2v) is 7.73. The van der Waals surface area contributed by atoms with Crippen molar-refractivity contribution in [2.75, 3.05) is 18.6 Å². The molecule has 3 rings (SSSR count). The fourth-order valence-corrected chi connectivity index (χ4v) is 3.75. The van der Waals surface area contributed by atoms with Gasteiger partial charge in [-0.1, -0.05) is 23.2 Å². The predicted octanol–water partition coefficient (Wildman–Crippen LogP) is 3.89. The summed E-state index contributed by atoms with van der Waals surface area (Å²) in [6.45, 7) is 5.13. The molecule has 2 heterocycles. The number of aromatic nitrogens is 1. The Morgan fingerprint density at radius 2 is 1.90 bits per heavy atom. The van der Waals surface area contributed by atoms with E-state index in [1.54, 1.807) is 25.3 Å². The number of aryl methyl sites for hydroxylation is 1. The molecular formula is C20H19Cl2N3O3S. The summed E-state index contributed by atoms with van der Waals surface area (Å²) >= 11 is 17.2. The van der Waals surface area contributed by atoms with E-state index in [0.717, 1.165) is 17.0 Å². The van der Waals surface area contributed by atoms with Crippen molar-refractivity contribution in [3.05, 3.63) is 56.8 Å². The second-order valence-electron chi connectivity index (χ2n) is 6.53. The topological polar surface area (TPSA) is 63.6 Å². The lowest BCUT2D eigenvalue weighted by molar-refractivity contribution is -0.122. The zero-order valence-corrected chi connectivity index (χ0v) is 18.4. The minimum absolute atomic E-state index is 0.0129. The van der Waals surface area contributed by atoms with E-state index in [4.69, 9.17) is 40.2 Å². The minimum Gasteiger partial charge on any atom is -0.383 e. The second kappa shape index (κ2) is 8.67. The molecule has 1 aromatic carbocycles. The van der Waals surface area contributed by atoms with Gasteiger partial charge in [-0.2, -0.15) is 0 Å². The highest BCUT2D eigenvalue weighted by Gasteiger charge is 2.35. The number of benzene rings is 1. The number of carbonyl (C=O) groups is 2. The maximum atomic E-state index is 13.1. The van der Waals surface area contributed by atoms with Gasteiger partial charge in [-0.3, -0.25) is 19.8 Å². The molecule has 0 saturated carbocycles. The van der Waals surface area contributed by atoms with Crippen molar-refractivity contribution in [3.63, 3.8) is 0 Å². The third-order valence-corrected chi connectivity index (χ3v) is 5.72. The minimum atomic E-state index is -0.544. The third kappa shape index (κ3) is 4.23. The van der Waals surface area contributed by atoms with Crippen LogP contribution in [0.1, 0.15) is 17.0 Å². The number of rotatable bonds is 5. The summed E-state index contributed by atoms with van der Waals surface area (Å²) in [6, 6.07) is 6.64. The molecule has 0 aliphatic carbocycles. The molecular weight excluding hydrogens is 433 g/mol. The largest absolute Gasteiger partial charge is 0.383 e. The fourth-order valence-electron chi connectivity index (χ4n) is 3.17. The summed E-state index contributed by atoms with van der Waals surface area (Å²) in [5, 5.41) is 3.19. The lowest BCUT2D eigenvalue weighted by Crippen LogP contribution is -2.54. The van der Waals surface area contributed by atoms with E-state index in [9.17, 15) is 9.59 Å². The first-order valence-electron chi connectivity index (χ1n) is 8.76. The van der Waals surface area contributed by atoms with E-state index in [2.05, 4.69) is 9.88 Å². The zero-order chi connectivity index (χ0) is 21.3. The molecule has 2 aromatic rings. The zero-order valence-electron chi connectivity index (χ0n) is 16.1. The first kappa shape index (κ1) is 21.5. The molecule has 0 bridgehead atoms. The quantitative estimate of drug-likeness (QED) is 0.425. The molecule has 1 aliphatic rings. The van der Waals surface area contributed by atoms with Gasteiger partial charge in [0.05, 0.1) is 22.3 Å². The van der Waals surface area contributed by atoms with Crippen LogP contribution in [0.2, 0.25) is 10.0 Å². The maximum Gasteiger partial charge on any atom is 0.270 e. The number of hydrogen-bond acceptors (Lipinski definition) is 4. The van der Waals surface area contributed by atoms with Crippen molar-refractivity contribution >= 4 is 64.1 Å². The highest BCUT2D eigenvalue weighted by Crippen LogP contribution is 2.30. The Hall–Kier alpha value is -2.19. The summed E-state index contributed by atoms with van der Waals surface area (Å²) in [4.78, 5) is 26.9. The van der Waals surface area contributed by atoms with E-state index in [1.807, 2.05) is 19.9 Å². The molecule has 2 amide bonds. The standard InChI is InChI=1S/C20H19Cl2N3O3S/c1-11-8-13(12(2)24(11)6-7-28-3)9-15-18(26)23-20(29)25(19(15)27)14-4-5-16(21)17(22)10-14/h4-5,8-10H,6-7H2,1-3H3,(H,23,26,29)/b15-9+. The number of hydrogen-bond donors (Lipinski definition) is 1. The SMILES string of the molecule is COCCn1c(C)cc(/C=C2\C(=O)NC(=S)N(c3ccc(Cl)c(Cl)c3)C2=O)c1C. The maximum absolute atomic E-state index is 13.1. The molecule has 0 atom stereocenters. The number of methoxy groups -OCH3 is 1. The van der Waals surface area contributed by atoms with Crippen molar-refractivity contribution < 1.29 is 14.3 Å². The monoisotopic (exact) mass is 451 g/mol. The molecule has 6 nitrogen and oxygen atoms in total. The number of halogens is 2. The van der Waals surface area contributed by atoms with Crippen LogP contribution in [0, 0.1) is 13.8 Å². The van der Waals surface area contributed by atoms with Gasteiger partial charge in [-0.15, -0.1) is 0 Å². The molecule has 1 aromatic heterocycles. The van der Waals surface area contributed by atoms with Crippen LogP contribution < -0.4 is 10.2 Å². The van der Waals surface area contributed by atoms with E-state index in [-0.39, 0.29) is 15.7 Å². The summed E-state index contributed by atoms with van der Waals surface area (Å²) in [5.41, 5.74) is 3.12. The molecule has 1 fully saturated rings. The first-order valence-corrected chi connectivity index (χ1v) is 9.93. The Kier molecular flexibility index (Phi) is 6.43. The van der Waals surface area contributed by atoms with Crippen LogP contribution in [0.3, 0.4) is 0 Å². The van der Waals surface area contributed by atoms with Gasteiger partial charge in [0, 0.05) is 25.0 Å². The van der Waals surface area contributed by atoms with E-state index >= 15 is 0 Å². The van der Waals surface area contributed by atoms with Gasteiger partial charge in [-0.05, 0) is 62.0 Å². The molecule has 0 spiro atoms. The van der Waals surface area contributed by atoms with Gasteiger partial charge in [0.1, 0.15) is 5.57 Å². The number of amides is 2. The summed E-state index contributed by atoms with van der Waals surface area (Å²) < 4.78 is 7.22.